The summed E-state index contributed by atoms with van der Waals surface area (Å²) in [4.78, 5) is 7.52. The van der Waals surface area contributed by atoms with Gasteiger partial charge in [0.1, 0.15) is 0 Å². The van der Waals surface area contributed by atoms with Crippen LogP contribution in [0.15, 0.2) is 24.4 Å². The van der Waals surface area contributed by atoms with Gasteiger partial charge in [0.2, 0.25) is 5.95 Å². The molecule has 0 fully saturated rings. The second kappa shape index (κ2) is 5.14. The number of nitrogens with zero attached hydrogens (tertiary/aromatic N) is 2. The fourth-order valence-corrected chi connectivity index (χ4v) is 1.48. The molecule has 2 aromatic rings. The molecule has 0 radical (unpaired) electrons. The molecule has 0 aliphatic carbocycles. The van der Waals surface area contributed by atoms with Crippen LogP contribution in [0.2, 0.25) is 5.02 Å². The van der Waals surface area contributed by atoms with Crippen molar-refractivity contribution >= 4 is 29.1 Å². The summed E-state index contributed by atoms with van der Waals surface area (Å²) in [5, 5.41) is 5.14. The minimum absolute atomic E-state index is 0.0437. The first-order valence-electron chi connectivity index (χ1n) is 5.03. The van der Waals surface area contributed by atoms with Gasteiger partial charge < -0.3 is 10.6 Å². The second-order valence-corrected chi connectivity index (χ2v) is 3.77. The van der Waals surface area contributed by atoms with E-state index in [-0.39, 0.29) is 22.5 Å². The maximum Gasteiger partial charge on any atom is 0.224 e. The Labute approximate surface area is 107 Å². The van der Waals surface area contributed by atoms with Crippen LogP contribution >= 0.6 is 11.6 Å². The van der Waals surface area contributed by atoms with Crippen LogP contribution in [0.5, 0.6) is 0 Å². The first kappa shape index (κ1) is 12.5. The Kier molecular flexibility index (Phi) is 3.57. The number of nitrogens with one attached hydrogen (secondary N) is 2. The monoisotopic (exact) mass is 270 g/mol. The molecule has 2 rings (SSSR count). The maximum atomic E-state index is 13.6. The molecule has 0 bridgehead atoms. The van der Waals surface area contributed by atoms with Crippen LogP contribution in [0.4, 0.5) is 26.2 Å². The summed E-state index contributed by atoms with van der Waals surface area (Å²) in [7, 11) is 1.59. The molecular formula is C11H9ClF2N4. The van der Waals surface area contributed by atoms with Gasteiger partial charge in [-0.2, -0.15) is 4.98 Å². The fourth-order valence-electron chi connectivity index (χ4n) is 1.30. The Morgan fingerprint density at radius 1 is 1.28 bits per heavy atom. The number of rotatable bonds is 3. The third kappa shape index (κ3) is 2.48. The van der Waals surface area contributed by atoms with E-state index in [0.29, 0.717) is 0 Å². The summed E-state index contributed by atoms with van der Waals surface area (Å²) >= 11 is 5.62. The molecule has 4 nitrogen and oxygen atoms in total. The molecule has 1 heterocycles. The number of halogens is 3. The van der Waals surface area contributed by atoms with Crippen LogP contribution in [0, 0.1) is 11.6 Å². The highest BCUT2D eigenvalue weighted by Crippen LogP contribution is 2.25. The van der Waals surface area contributed by atoms with Gasteiger partial charge in [-0.25, -0.2) is 13.8 Å². The summed E-state index contributed by atoms with van der Waals surface area (Å²) in [6.07, 6.45) is 0.990. The second-order valence-electron chi connectivity index (χ2n) is 3.37. The Bertz CT molecular complexity index is 577. The summed E-state index contributed by atoms with van der Waals surface area (Å²) in [6.45, 7) is 0. The topological polar surface area (TPSA) is 49.8 Å². The predicted octanol–water partition coefficient (Wildman–Crippen LogP) is 3.19. The lowest BCUT2D eigenvalue weighted by molar-refractivity contribution is 0.616. The third-order valence-electron chi connectivity index (χ3n) is 2.17. The predicted molar refractivity (Wildman–Crippen MR) is 66.2 cm³/mol. The summed E-state index contributed by atoms with van der Waals surface area (Å²) < 4.78 is 27.1. The van der Waals surface area contributed by atoms with Gasteiger partial charge in [0.25, 0.3) is 0 Å². The number of hydrogen-bond acceptors (Lipinski definition) is 4. The Hall–Kier alpha value is -1.95. The van der Waals surface area contributed by atoms with Gasteiger partial charge in [0, 0.05) is 7.05 Å². The lowest BCUT2D eigenvalue weighted by atomic mass is 10.3. The van der Waals surface area contributed by atoms with Crippen LogP contribution in [0.3, 0.4) is 0 Å². The zero-order valence-corrected chi connectivity index (χ0v) is 10.1. The summed E-state index contributed by atoms with van der Waals surface area (Å²) in [5.74, 6) is -1.26. The van der Waals surface area contributed by atoms with Gasteiger partial charge in [0.05, 0.1) is 16.9 Å². The fraction of sp³-hybridized carbons (Fsp3) is 0.0909. The molecule has 0 atom stereocenters. The Morgan fingerprint density at radius 2 is 2.06 bits per heavy atom. The molecule has 0 aliphatic rings. The maximum absolute atomic E-state index is 13.6. The molecule has 0 saturated carbocycles. The van der Waals surface area contributed by atoms with Crippen molar-refractivity contribution in [3.63, 3.8) is 0 Å². The van der Waals surface area contributed by atoms with E-state index in [4.69, 9.17) is 11.6 Å². The average Bonchev–Trinajstić information content (AvgIpc) is 2.37. The number of benzene rings is 1. The van der Waals surface area contributed by atoms with E-state index in [1.807, 2.05) is 0 Å². The van der Waals surface area contributed by atoms with Gasteiger partial charge in [-0.3, -0.25) is 0 Å². The molecule has 7 heteroatoms. The van der Waals surface area contributed by atoms with Crippen molar-refractivity contribution in [2.75, 3.05) is 17.7 Å². The third-order valence-corrected chi connectivity index (χ3v) is 2.46. The van der Waals surface area contributed by atoms with Crippen molar-refractivity contribution in [1.29, 1.82) is 0 Å². The molecule has 0 saturated heterocycles. The molecule has 94 valence electrons. The van der Waals surface area contributed by atoms with Crippen molar-refractivity contribution in [3.05, 3.63) is 41.1 Å². The first-order valence-corrected chi connectivity index (χ1v) is 5.41. The van der Waals surface area contributed by atoms with Gasteiger partial charge in [-0.05, 0) is 12.1 Å². The standard InChI is InChI=1S/C11H9ClF2N4/c1-15-11-16-5-7(13)10(18-11)17-8-4-2-3-6(12)9(8)14/h2-5H,1H3,(H2,15,16,17,18). The Balaban J connectivity index is 2.36. The molecule has 1 aromatic carbocycles. The minimum atomic E-state index is -0.687. The summed E-state index contributed by atoms with van der Waals surface area (Å²) in [5.41, 5.74) is 0.0437. The van der Waals surface area contributed by atoms with Crippen molar-refractivity contribution in [2.45, 2.75) is 0 Å². The molecule has 0 amide bonds. The SMILES string of the molecule is CNc1ncc(F)c(Nc2cccc(Cl)c2F)n1. The van der Waals surface area contributed by atoms with Gasteiger partial charge >= 0.3 is 0 Å². The van der Waals surface area contributed by atoms with Crippen molar-refractivity contribution < 1.29 is 8.78 Å². The van der Waals surface area contributed by atoms with Crippen molar-refractivity contribution in [1.82, 2.24) is 9.97 Å². The van der Waals surface area contributed by atoms with E-state index < -0.39 is 11.6 Å². The van der Waals surface area contributed by atoms with E-state index in [9.17, 15) is 8.78 Å². The molecule has 1 aromatic heterocycles. The molecule has 0 unspecified atom stereocenters. The van der Waals surface area contributed by atoms with Gasteiger partial charge in [-0.15, -0.1) is 0 Å². The van der Waals surface area contributed by atoms with Crippen LogP contribution < -0.4 is 10.6 Å². The molecule has 0 aliphatic heterocycles. The lowest BCUT2D eigenvalue weighted by Crippen LogP contribution is -2.04. The normalized spacial score (nSPS) is 10.2. The van der Waals surface area contributed by atoms with Crippen molar-refractivity contribution in [2.24, 2.45) is 0 Å². The number of anilines is 3. The van der Waals surface area contributed by atoms with E-state index in [2.05, 4.69) is 20.6 Å². The number of hydrogen-bond donors (Lipinski definition) is 2. The Morgan fingerprint density at radius 3 is 2.78 bits per heavy atom. The molecule has 0 spiro atoms. The highest BCUT2D eigenvalue weighted by molar-refractivity contribution is 6.31. The lowest BCUT2D eigenvalue weighted by Gasteiger charge is -2.09. The smallest absolute Gasteiger partial charge is 0.224 e. The van der Waals surface area contributed by atoms with Crippen LogP contribution in [0.25, 0.3) is 0 Å². The van der Waals surface area contributed by atoms with Gasteiger partial charge in [0.15, 0.2) is 17.5 Å². The zero-order chi connectivity index (χ0) is 13.1. The summed E-state index contributed by atoms with van der Waals surface area (Å²) in [6, 6.07) is 4.38. The zero-order valence-electron chi connectivity index (χ0n) is 9.34. The minimum Gasteiger partial charge on any atom is -0.357 e. The van der Waals surface area contributed by atoms with E-state index in [1.165, 1.54) is 12.1 Å². The quantitative estimate of drug-likeness (QED) is 0.899. The highest BCUT2D eigenvalue weighted by atomic mass is 35.5. The van der Waals surface area contributed by atoms with E-state index >= 15 is 0 Å². The molecular weight excluding hydrogens is 262 g/mol. The first-order chi connectivity index (χ1) is 8.61. The van der Waals surface area contributed by atoms with Crippen molar-refractivity contribution in [3.8, 4) is 0 Å². The van der Waals surface area contributed by atoms with Crippen LogP contribution in [-0.2, 0) is 0 Å². The molecule has 18 heavy (non-hydrogen) atoms. The average molecular weight is 271 g/mol. The largest absolute Gasteiger partial charge is 0.357 e. The van der Waals surface area contributed by atoms with E-state index in [0.717, 1.165) is 6.20 Å². The highest BCUT2D eigenvalue weighted by Gasteiger charge is 2.11. The number of aromatic nitrogens is 2. The van der Waals surface area contributed by atoms with Crippen LogP contribution in [-0.4, -0.2) is 17.0 Å². The molecule has 2 N–H and O–H groups in total. The van der Waals surface area contributed by atoms with E-state index in [1.54, 1.807) is 13.1 Å². The van der Waals surface area contributed by atoms with Gasteiger partial charge in [-0.1, -0.05) is 17.7 Å². The van der Waals surface area contributed by atoms with Crippen LogP contribution in [0.1, 0.15) is 0 Å².